The van der Waals surface area contributed by atoms with Crippen LogP contribution >= 0.6 is 0 Å². The quantitative estimate of drug-likeness (QED) is 0.344. The number of aromatic carboxylic acids is 1. The Balaban J connectivity index is 1.71. The van der Waals surface area contributed by atoms with Gasteiger partial charge in [-0.3, -0.25) is 4.79 Å². The summed E-state index contributed by atoms with van der Waals surface area (Å²) in [7, 11) is 0. The van der Waals surface area contributed by atoms with Crippen LogP contribution in [-0.2, 0) is 0 Å². The van der Waals surface area contributed by atoms with Gasteiger partial charge in [-0.1, -0.05) is 18.2 Å². The van der Waals surface area contributed by atoms with Gasteiger partial charge in [0.05, 0.1) is 22.7 Å². The smallest absolute Gasteiger partial charge is 0.337 e. The number of pyridine rings is 1. The van der Waals surface area contributed by atoms with E-state index in [0.29, 0.717) is 27.8 Å². The van der Waals surface area contributed by atoms with Gasteiger partial charge in [0.15, 0.2) is 5.76 Å². The van der Waals surface area contributed by atoms with Crippen molar-refractivity contribution in [2.45, 2.75) is 26.8 Å². The maximum Gasteiger partial charge on any atom is 0.337 e. The van der Waals surface area contributed by atoms with Gasteiger partial charge in [-0.05, 0) is 56.7 Å². The zero-order chi connectivity index (χ0) is 25.6. The van der Waals surface area contributed by atoms with E-state index in [9.17, 15) is 20.0 Å². The molecule has 0 unspecified atom stereocenters. The van der Waals surface area contributed by atoms with Gasteiger partial charge in [0, 0.05) is 29.2 Å². The minimum absolute atomic E-state index is 0.0768. The molecule has 3 aromatic heterocycles. The van der Waals surface area contributed by atoms with Crippen LogP contribution in [0.25, 0.3) is 27.9 Å². The van der Waals surface area contributed by atoms with E-state index >= 15 is 0 Å². The van der Waals surface area contributed by atoms with Crippen molar-refractivity contribution in [1.82, 2.24) is 9.38 Å². The summed E-state index contributed by atoms with van der Waals surface area (Å²) in [6.45, 7) is 5.61. The number of benzene rings is 2. The molecule has 0 radical (unpaired) electrons. The van der Waals surface area contributed by atoms with Crippen molar-refractivity contribution in [2.24, 2.45) is 0 Å². The number of anilines is 1. The number of fused-ring (bicyclic) bond motifs is 2. The Labute approximate surface area is 206 Å². The molecule has 2 N–H and O–H groups in total. The molecule has 0 aliphatic heterocycles. The number of carboxylic acids is 1. The maximum absolute atomic E-state index is 13.5. The number of imidazole rings is 1. The SMILES string of the molecule is Cc1cc([C@@H](C)Nc2ccccc2C(=O)O)c2oc(-c3ccc4nc(C)cn4c3)c(C#N)c(=O)c2c1. The average molecular weight is 479 g/mol. The molecule has 0 spiro atoms. The number of carboxylic acid groups (broad SMARTS) is 1. The van der Waals surface area contributed by atoms with Crippen LogP contribution < -0.4 is 10.7 Å². The first-order chi connectivity index (χ1) is 17.3. The molecular weight excluding hydrogens is 456 g/mol. The summed E-state index contributed by atoms with van der Waals surface area (Å²) in [5.41, 5.74) is 4.07. The Hall–Kier alpha value is -4.90. The lowest BCUT2D eigenvalue weighted by atomic mass is 9.98. The van der Waals surface area contributed by atoms with E-state index in [1.54, 1.807) is 42.6 Å². The summed E-state index contributed by atoms with van der Waals surface area (Å²) in [4.78, 5) is 29.6. The average Bonchev–Trinajstić information content (AvgIpc) is 3.23. The molecule has 0 aliphatic rings. The summed E-state index contributed by atoms with van der Waals surface area (Å²) in [5, 5.41) is 23.0. The third-order valence-corrected chi connectivity index (χ3v) is 6.11. The monoisotopic (exact) mass is 478 g/mol. The fourth-order valence-corrected chi connectivity index (χ4v) is 4.46. The Bertz CT molecular complexity index is 1780. The van der Waals surface area contributed by atoms with Crippen molar-refractivity contribution < 1.29 is 14.3 Å². The second-order valence-corrected chi connectivity index (χ2v) is 8.76. The first-order valence-corrected chi connectivity index (χ1v) is 11.3. The molecule has 8 nitrogen and oxygen atoms in total. The molecule has 0 saturated heterocycles. The van der Waals surface area contributed by atoms with E-state index in [-0.39, 0.29) is 16.9 Å². The van der Waals surface area contributed by atoms with Crippen molar-refractivity contribution in [3.8, 4) is 17.4 Å². The van der Waals surface area contributed by atoms with E-state index < -0.39 is 17.4 Å². The van der Waals surface area contributed by atoms with Crippen LogP contribution in [0.2, 0.25) is 0 Å². The Kier molecular flexibility index (Phi) is 5.53. The predicted octanol–water partition coefficient (Wildman–Crippen LogP) is 5.47. The Morgan fingerprint density at radius 2 is 1.94 bits per heavy atom. The number of nitriles is 1. The minimum atomic E-state index is -1.04. The molecule has 0 saturated carbocycles. The van der Waals surface area contributed by atoms with E-state index in [2.05, 4.69) is 10.3 Å². The molecule has 178 valence electrons. The summed E-state index contributed by atoms with van der Waals surface area (Å²) in [6, 6.07) is 15.4. The summed E-state index contributed by atoms with van der Waals surface area (Å²) in [6.07, 6.45) is 3.63. The van der Waals surface area contributed by atoms with Crippen molar-refractivity contribution in [3.05, 3.63) is 99.1 Å². The van der Waals surface area contributed by atoms with Crippen molar-refractivity contribution in [2.75, 3.05) is 5.32 Å². The molecule has 5 rings (SSSR count). The van der Waals surface area contributed by atoms with E-state index in [4.69, 9.17) is 4.42 Å². The van der Waals surface area contributed by atoms with Crippen molar-refractivity contribution in [3.63, 3.8) is 0 Å². The summed E-state index contributed by atoms with van der Waals surface area (Å²) in [5.74, 6) is -0.872. The minimum Gasteiger partial charge on any atom is -0.478 e. The Morgan fingerprint density at radius 1 is 1.17 bits per heavy atom. The number of rotatable bonds is 5. The molecule has 2 aromatic carbocycles. The number of hydrogen-bond acceptors (Lipinski definition) is 6. The molecule has 0 fully saturated rings. The molecule has 0 bridgehead atoms. The number of aromatic nitrogens is 2. The van der Waals surface area contributed by atoms with Gasteiger partial charge in [0.2, 0.25) is 5.43 Å². The number of aryl methyl sites for hydroxylation is 2. The first kappa shape index (κ1) is 22.9. The van der Waals surface area contributed by atoms with Crippen molar-refractivity contribution >= 4 is 28.3 Å². The summed E-state index contributed by atoms with van der Waals surface area (Å²) >= 11 is 0. The lowest BCUT2D eigenvalue weighted by Gasteiger charge is -2.19. The standard InChI is InChI=1S/C28H22N4O4/c1-15-10-20(17(3)31-23-7-5-4-6-19(23)28(34)35)27-21(11-15)25(33)22(12-29)26(36-27)18-8-9-24-30-16(2)13-32(24)14-18/h4-11,13-14,17,31H,1-3H3,(H,34,35)/t17-/m1/s1. The van der Waals surface area contributed by atoms with Gasteiger partial charge in [-0.2, -0.15) is 5.26 Å². The number of para-hydroxylation sites is 1. The lowest BCUT2D eigenvalue weighted by molar-refractivity contribution is 0.0698. The topological polar surface area (TPSA) is 121 Å². The molecule has 5 aromatic rings. The fraction of sp³-hybridized carbons (Fsp3) is 0.143. The zero-order valence-corrected chi connectivity index (χ0v) is 19.9. The van der Waals surface area contributed by atoms with Gasteiger partial charge in [0.25, 0.3) is 0 Å². The lowest BCUT2D eigenvalue weighted by Crippen LogP contribution is -2.14. The highest BCUT2D eigenvalue weighted by Gasteiger charge is 2.22. The van der Waals surface area contributed by atoms with Gasteiger partial charge in [-0.15, -0.1) is 0 Å². The van der Waals surface area contributed by atoms with E-state index in [1.807, 2.05) is 43.5 Å². The second-order valence-electron chi connectivity index (χ2n) is 8.76. The normalized spacial score (nSPS) is 11.9. The number of hydrogen-bond donors (Lipinski definition) is 2. The number of nitrogens with zero attached hydrogens (tertiary/aromatic N) is 3. The molecule has 36 heavy (non-hydrogen) atoms. The fourth-order valence-electron chi connectivity index (χ4n) is 4.46. The van der Waals surface area contributed by atoms with Crippen LogP contribution in [0, 0.1) is 25.2 Å². The van der Waals surface area contributed by atoms with Crippen LogP contribution in [0.1, 0.15) is 45.7 Å². The third kappa shape index (κ3) is 3.87. The highest BCUT2D eigenvalue weighted by molar-refractivity contribution is 5.94. The molecule has 3 heterocycles. The van der Waals surface area contributed by atoms with Crippen LogP contribution in [0.4, 0.5) is 5.69 Å². The third-order valence-electron chi connectivity index (χ3n) is 6.11. The van der Waals surface area contributed by atoms with E-state index in [0.717, 1.165) is 16.9 Å². The van der Waals surface area contributed by atoms with Crippen LogP contribution in [0.3, 0.4) is 0 Å². The van der Waals surface area contributed by atoms with Crippen LogP contribution in [0.15, 0.2) is 70.1 Å². The predicted molar refractivity (Wildman–Crippen MR) is 136 cm³/mol. The second kappa shape index (κ2) is 8.71. The molecule has 8 heteroatoms. The van der Waals surface area contributed by atoms with Crippen LogP contribution in [-0.4, -0.2) is 20.5 Å². The Morgan fingerprint density at radius 3 is 2.69 bits per heavy atom. The molecule has 0 amide bonds. The van der Waals surface area contributed by atoms with Crippen LogP contribution in [0.5, 0.6) is 0 Å². The molecular formula is C28H22N4O4. The number of nitrogens with one attached hydrogen (secondary N) is 1. The highest BCUT2D eigenvalue weighted by atomic mass is 16.4. The molecule has 0 aliphatic carbocycles. The van der Waals surface area contributed by atoms with Gasteiger partial charge in [0.1, 0.15) is 22.9 Å². The highest BCUT2D eigenvalue weighted by Crippen LogP contribution is 2.33. The maximum atomic E-state index is 13.5. The summed E-state index contributed by atoms with van der Waals surface area (Å²) < 4.78 is 8.14. The number of carbonyl (C=O) groups is 1. The largest absolute Gasteiger partial charge is 0.478 e. The zero-order valence-electron chi connectivity index (χ0n) is 19.9. The van der Waals surface area contributed by atoms with Gasteiger partial charge < -0.3 is 19.2 Å². The van der Waals surface area contributed by atoms with Gasteiger partial charge in [-0.25, -0.2) is 9.78 Å². The van der Waals surface area contributed by atoms with Gasteiger partial charge >= 0.3 is 5.97 Å². The first-order valence-electron chi connectivity index (χ1n) is 11.3. The van der Waals surface area contributed by atoms with Crippen molar-refractivity contribution in [1.29, 1.82) is 5.26 Å². The molecule has 1 atom stereocenters. The van der Waals surface area contributed by atoms with E-state index in [1.165, 1.54) is 6.07 Å².